The average Bonchev–Trinajstić information content (AvgIpc) is 2.47. The summed E-state index contributed by atoms with van der Waals surface area (Å²) in [5, 5.41) is 3.16. The normalized spacial score (nSPS) is 12.4. The van der Waals surface area contributed by atoms with Crippen molar-refractivity contribution in [1.29, 1.82) is 0 Å². The molecular formula is C17H18F3N. The van der Waals surface area contributed by atoms with Gasteiger partial charge in [0.1, 0.15) is 17.5 Å². The smallest absolute Gasteiger partial charge is 0.129 e. The predicted molar refractivity (Wildman–Crippen MR) is 77.5 cm³/mol. The fourth-order valence-electron chi connectivity index (χ4n) is 2.30. The third-order valence-electron chi connectivity index (χ3n) is 3.39. The largest absolute Gasteiger partial charge is 0.310 e. The molecule has 21 heavy (non-hydrogen) atoms. The van der Waals surface area contributed by atoms with Crippen LogP contribution in [0, 0.1) is 17.5 Å². The second kappa shape index (κ2) is 7.27. The molecule has 2 aromatic rings. The molecule has 0 saturated heterocycles. The van der Waals surface area contributed by atoms with Gasteiger partial charge in [-0.2, -0.15) is 0 Å². The highest BCUT2D eigenvalue weighted by atomic mass is 19.1. The van der Waals surface area contributed by atoms with E-state index in [9.17, 15) is 13.2 Å². The highest BCUT2D eigenvalue weighted by Gasteiger charge is 2.19. The van der Waals surface area contributed by atoms with Crippen molar-refractivity contribution in [3.05, 3.63) is 71.0 Å². The molecule has 0 saturated carbocycles. The molecule has 0 fully saturated rings. The van der Waals surface area contributed by atoms with Crippen LogP contribution < -0.4 is 5.32 Å². The standard InChI is InChI=1S/C17H18F3N/c1-2-10-21-17(12-6-3-4-7-14(12)18)11-13-15(19)8-5-9-16(13)20/h3-9,17,21H,2,10-11H2,1H3. The van der Waals surface area contributed by atoms with Gasteiger partial charge in [-0.05, 0) is 37.6 Å². The number of halogens is 3. The Morgan fingerprint density at radius 1 is 0.905 bits per heavy atom. The van der Waals surface area contributed by atoms with Crippen LogP contribution in [0.1, 0.15) is 30.5 Å². The number of hydrogen-bond donors (Lipinski definition) is 1. The van der Waals surface area contributed by atoms with Crippen molar-refractivity contribution < 1.29 is 13.2 Å². The summed E-state index contributed by atoms with van der Waals surface area (Å²) in [6.45, 7) is 2.63. The summed E-state index contributed by atoms with van der Waals surface area (Å²) < 4.78 is 41.5. The lowest BCUT2D eigenvalue weighted by atomic mass is 9.97. The monoisotopic (exact) mass is 293 g/mol. The molecule has 1 nitrogen and oxygen atoms in total. The van der Waals surface area contributed by atoms with Crippen molar-refractivity contribution in [3.63, 3.8) is 0 Å². The Hall–Kier alpha value is -1.81. The number of nitrogens with one attached hydrogen (secondary N) is 1. The van der Waals surface area contributed by atoms with Gasteiger partial charge in [0.2, 0.25) is 0 Å². The maximum absolute atomic E-state index is 13.9. The van der Waals surface area contributed by atoms with Crippen molar-refractivity contribution in [2.45, 2.75) is 25.8 Å². The SMILES string of the molecule is CCCNC(Cc1c(F)cccc1F)c1ccccc1F. The quantitative estimate of drug-likeness (QED) is 0.833. The molecule has 0 spiro atoms. The van der Waals surface area contributed by atoms with Gasteiger partial charge in [0.05, 0.1) is 0 Å². The first-order valence-electron chi connectivity index (χ1n) is 7.04. The van der Waals surface area contributed by atoms with Crippen LogP contribution in [0.5, 0.6) is 0 Å². The molecule has 0 aliphatic heterocycles. The zero-order chi connectivity index (χ0) is 15.2. The maximum atomic E-state index is 13.9. The summed E-state index contributed by atoms with van der Waals surface area (Å²) in [6.07, 6.45) is 0.921. The topological polar surface area (TPSA) is 12.0 Å². The predicted octanol–water partition coefficient (Wildman–Crippen LogP) is 4.39. The third kappa shape index (κ3) is 3.85. The Labute approximate surface area is 122 Å². The molecule has 0 amide bonds. The summed E-state index contributed by atoms with van der Waals surface area (Å²) in [6, 6.07) is 9.61. The van der Waals surface area contributed by atoms with Crippen LogP contribution in [0.25, 0.3) is 0 Å². The first-order chi connectivity index (χ1) is 10.1. The van der Waals surface area contributed by atoms with Gasteiger partial charge < -0.3 is 5.32 Å². The third-order valence-corrected chi connectivity index (χ3v) is 3.39. The molecule has 1 unspecified atom stereocenters. The molecule has 1 atom stereocenters. The Morgan fingerprint density at radius 3 is 2.14 bits per heavy atom. The van der Waals surface area contributed by atoms with Gasteiger partial charge in [-0.1, -0.05) is 31.2 Å². The fraction of sp³-hybridized carbons (Fsp3) is 0.294. The zero-order valence-electron chi connectivity index (χ0n) is 11.9. The fourth-order valence-corrected chi connectivity index (χ4v) is 2.30. The van der Waals surface area contributed by atoms with Gasteiger partial charge in [0.25, 0.3) is 0 Å². The van der Waals surface area contributed by atoms with Gasteiger partial charge in [-0.15, -0.1) is 0 Å². The summed E-state index contributed by atoms with van der Waals surface area (Å²) in [5.41, 5.74) is 0.406. The van der Waals surface area contributed by atoms with Crippen molar-refractivity contribution >= 4 is 0 Å². The molecule has 0 radical (unpaired) electrons. The van der Waals surface area contributed by atoms with Gasteiger partial charge >= 0.3 is 0 Å². The van der Waals surface area contributed by atoms with Crippen LogP contribution in [0.4, 0.5) is 13.2 Å². The van der Waals surface area contributed by atoms with Crippen LogP contribution in [0.2, 0.25) is 0 Å². The first kappa shape index (κ1) is 15.6. The van der Waals surface area contributed by atoms with Crippen LogP contribution in [-0.2, 0) is 6.42 Å². The highest BCUT2D eigenvalue weighted by Crippen LogP contribution is 2.24. The van der Waals surface area contributed by atoms with E-state index in [2.05, 4.69) is 5.32 Å². The van der Waals surface area contributed by atoms with Gasteiger partial charge in [0.15, 0.2) is 0 Å². The van der Waals surface area contributed by atoms with E-state index in [0.29, 0.717) is 12.1 Å². The van der Waals surface area contributed by atoms with E-state index in [-0.39, 0.29) is 17.8 Å². The summed E-state index contributed by atoms with van der Waals surface area (Å²) in [7, 11) is 0. The Bertz CT molecular complexity index is 578. The molecule has 2 rings (SSSR count). The molecule has 0 bridgehead atoms. The molecule has 2 aromatic carbocycles. The second-order valence-corrected chi connectivity index (χ2v) is 4.93. The Balaban J connectivity index is 2.31. The van der Waals surface area contributed by atoms with E-state index in [4.69, 9.17) is 0 Å². The van der Waals surface area contributed by atoms with Gasteiger partial charge in [-0.3, -0.25) is 0 Å². The lowest BCUT2D eigenvalue weighted by Crippen LogP contribution is -2.25. The number of rotatable bonds is 6. The zero-order valence-corrected chi connectivity index (χ0v) is 11.9. The molecule has 0 aliphatic rings. The minimum Gasteiger partial charge on any atom is -0.310 e. The summed E-state index contributed by atoms with van der Waals surface area (Å²) >= 11 is 0. The van der Waals surface area contributed by atoms with Gasteiger partial charge in [-0.25, -0.2) is 13.2 Å². The van der Waals surface area contributed by atoms with Crippen molar-refractivity contribution in [2.75, 3.05) is 6.54 Å². The lowest BCUT2D eigenvalue weighted by molar-refractivity contribution is 0.471. The van der Waals surface area contributed by atoms with E-state index in [1.807, 2.05) is 6.92 Å². The minimum absolute atomic E-state index is 0.0191. The molecule has 112 valence electrons. The lowest BCUT2D eigenvalue weighted by Gasteiger charge is -2.20. The summed E-state index contributed by atoms with van der Waals surface area (Å²) in [5.74, 6) is -1.58. The number of hydrogen-bond acceptors (Lipinski definition) is 1. The Kier molecular flexibility index (Phi) is 5.39. The first-order valence-corrected chi connectivity index (χ1v) is 7.04. The molecule has 0 aromatic heterocycles. The molecule has 0 heterocycles. The van der Waals surface area contributed by atoms with E-state index in [1.54, 1.807) is 18.2 Å². The van der Waals surface area contributed by atoms with Crippen LogP contribution in [0.3, 0.4) is 0 Å². The molecule has 1 N–H and O–H groups in total. The van der Waals surface area contributed by atoms with Crippen LogP contribution >= 0.6 is 0 Å². The highest BCUT2D eigenvalue weighted by molar-refractivity contribution is 5.26. The Morgan fingerprint density at radius 2 is 1.52 bits per heavy atom. The summed E-state index contributed by atoms with van der Waals surface area (Å²) in [4.78, 5) is 0. The van der Waals surface area contributed by atoms with E-state index in [1.165, 1.54) is 24.3 Å². The maximum Gasteiger partial charge on any atom is 0.129 e. The average molecular weight is 293 g/mol. The second-order valence-electron chi connectivity index (χ2n) is 4.93. The van der Waals surface area contributed by atoms with Crippen LogP contribution in [0.15, 0.2) is 42.5 Å². The van der Waals surface area contributed by atoms with E-state index in [0.717, 1.165) is 6.42 Å². The van der Waals surface area contributed by atoms with Gasteiger partial charge in [0, 0.05) is 17.2 Å². The molecular weight excluding hydrogens is 275 g/mol. The van der Waals surface area contributed by atoms with Crippen molar-refractivity contribution in [3.8, 4) is 0 Å². The van der Waals surface area contributed by atoms with Crippen LogP contribution in [-0.4, -0.2) is 6.54 Å². The van der Waals surface area contributed by atoms with Crippen molar-refractivity contribution in [1.82, 2.24) is 5.32 Å². The molecule has 0 aliphatic carbocycles. The van der Waals surface area contributed by atoms with Crippen molar-refractivity contribution in [2.24, 2.45) is 0 Å². The molecule has 4 heteroatoms. The minimum atomic E-state index is -0.602. The number of benzene rings is 2. The van der Waals surface area contributed by atoms with E-state index >= 15 is 0 Å². The van der Waals surface area contributed by atoms with E-state index < -0.39 is 17.7 Å².